The number of rotatable bonds is 4. The van der Waals surface area contributed by atoms with Crippen LogP contribution in [0.4, 0.5) is 13.2 Å². The van der Waals surface area contributed by atoms with Gasteiger partial charge in [0.05, 0.1) is 12.1 Å². The second-order valence-corrected chi connectivity index (χ2v) is 4.98. The molecule has 0 saturated carbocycles. The molecule has 21 heavy (non-hydrogen) atoms. The highest BCUT2D eigenvalue weighted by molar-refractivity contribution is 5.41. The van der Waals surface area contributed by atoms with Gasteiger partial charge in [0.15, 0.2) is 17.5 Å². The molecule has 0 aliphatic carbocycles. The number of ether oxygens (including phenoxy) is 1. The van der Waals surface area contributed by atoms with Gasteiger partial charge in [-0.1, -0.05) is 18.2 Å². The van der Waals surface area contributed by atoms with Gasteiger partial charge in [0.2, 0.25) is 0 Å². The lowest BCUT2D eigenvalue weighted by Crippen LogP contribution is -2.16. The summed E-state index contributed by atoms with van der Waals surface area (Å²) in [5.41, 5.74) is 6.77. The summed E-state index contributed by atoms with van der Waals surface area (Å²) in [4.78, 5) is 0. The number of nitrogens with two attached hydrogens (primary N) is 1. The lowest BCUT2D eigenvalue weighted by molar-refractivity contribution is 0.239. The second-order valence-electron chi connectivity index (χ2n) is 4.98. The van der Waals surface area contributed by atoms with Crippen LogP contribution < -0.4 is 10.5 Å². The van der Waals surface area contributed by atoms with E-state index in [0.29, 0.717) is 11.3 Å². The fraction of sp³-hybridized carbons (Fsp3) is 0.250. The maximum atomic E-state index is 13.3. The molecule has 0 aromatic heterocycles. The van der Waals surface area contributed by atoms with Crippen LogP contribution in [0.3, 0.4) is 0 Å². The molecule has 2 aromatic carbocycles. The summed E-state index contributed by atoms with van der Waals surface area (Å²) in [5.74, 6) is -3.49. The van der Waals surface area contributed by atoms with Crippen LogP contribution in [0.15, 0.2) is 36.4 Å². The first-order chi connectivity index (χ1) is 9.90. The van der Waals surface area contributed by atoms with E-state index in [1.54, 1.807) is 24.3 Å². The first kappa shape index (κ1) is 15.4. The molecule has 0 bridgehead atoms. The number of hydrogen-bond donors (Lipinski definition) is 1. The van der Waals surface area contributed by atoms with Crippen molar-refractivity contribution in [3.8, 4) is 5.75 Å². The smallest absolute Gasteiger partial charge is 0.194 e. The van der Waals surface area contributed by atoms with Gasteiger partial charge in [0.25, 0.3) is 0 Å². The van der Waals surface area contributed by atoms with Gasteiger partial charge in [0.1, 0.15) is 5.75 Å². The van der Waals surface area contributed by atoms with Crippen LogP contribution in [0.5, 0.6) is 5.75 Å². The van der Waals surface area contributed by atoms with Crippen LogP contribution in [0.2, 0.25) is 0 Å². The first-order valence-corrected chi connectivity index (χ1v) is 6.55. The van der Waals surface area contributed by atoms with Crippen LogP contribution in [0.1, 0.15) is 31.0 Å². The van der Waals surface area contributed by atoms with Gasteiger partial charge in [-0.05, 0) is 37.6 Å². The van der Waals surface area contributed by atoms with Crippen molar-refractivity contribution in [1.29, 1.82) is 0 Å². The fourth-order valence-corrected chi connectivity index (χ4v) is 2.03. The molecule has 0 radical (unpaired) electrons. The summed E-state index contributed by atoms with van der Waals surface area (Å²) in [6, 6.07) is 7.94. The molecule has 2 aromatic rings. The molecule has 0 saturated heterocycles. The van der Waals surface area contributed by atoms with Crippen molar-refractivity contribution >= 4 is 0 Å². The SMILES string of the molecule is CC(C)Oc1ccccc1C(N)c1cc(F)c(F)c(F)c1. The van der Waals surface area contributed by atoms with E-state index in [1.165, 1.54) is 0 Å². The second kappa shape index (κ2) is 6.18. The third kappa shape index (κ3) is 3.36. The molecule has 2 nitrogen and oxygen atoms in total. The Balaban J connectivity index is 2.43. The Morgan fingerprint density at radius 3 is 2.14 bits per heavy atom. The zero-order valence-electron chi connectivity index (χ0n) is 11.7. The summed E-state index contributed by atoms with van der Waals surface area (Å²) in [6.07, 6.45) is -0.0694. The Morgan fingerprint density at radius 1 is 1.00 bits per heavy atom. The van der Waals surface area contributed by atoms with Crippen molar-refractivity contribution in [3.05, 3.63) is 65.0 Å². The van der Waals surface area contributed by atoms with E-state index in [9.17, 15) is 13.2 Å². The molecule has 0 aliphatic rings. The van der Waals surface area contributed by atoms with Crippen LogP contribution in [-0.2, 0) is 0 Å². The van der Waals surface area contributed by atoms with Crippen molar-refractivity contribution in [2.24, 2.45) is 5.73 Å². The van der Waals surface area contributed by atoms with E-state index < -0.39 is 23.5 Å². The molecule has 2 N–H and O–H groups in total. The third-order valence-electron chi connectivity index (χ3n) is 2.98. The predicted molar refractivity (Wildman–Crippen MR) is 74.6 cm³/mol. The Labute approximate surface area is 121 Å². The molecule has 0 amide bonds. The Kier molecular flexibility index (Phi) is 4.53. The van der Waals surface area contributed by atoms with Crippen molar-refractivity contribution < 1.29 is 17.9 Å². The number of para-hydroxylation sites is 1. The number of halogens is 3. The Morgan fingerprint density at radius 2 is 1.57 bits per heavy atom. The lowest BCUT2D eigenvalue weighted by atomic mass is 9.98. The molecule has 5 heteroatoms. The molecule has 0 fully saturated rings. The van der Waals surface area contributed by atoms with E-state index in [2.05, 4.69) is 0 Å². The first-order valence-electron chi connectivity index (χ1n) is 6.55. The fourth-order valence-electron chi connectivity index (χ4n) is 2.03. The minimum atomic E-state index is -1.50. The third-order valence-corrected chi connectivity index (χ3v) is 2.98. The van der Waals surface area contributed by atoms with Crippen LogP contribution in [-0.4, -0.2) is 6.10 Å². The van der Waals surface area contributed by atoms with E-state index in [4.69, 9.17) is 10.5 Å². The van der Waals surface area contributed by atoms with Gasteiger partial charge in [-0.15, -0.1) is 0 Å². The monoisotopic (exact) mass is 295 g/mol. The van der Waals surface area contributed by atoms with Crippen molar-refractivity contribution in [3.63, 3.8) is 0 Å². The van der Waals surface area contributed by atoms with Crippen LogP contribution in [0.25, 0.3) is 0 Å². The topological polar surface area (TPSA) is 35.2 Å². The minimum Gasteiger partial charge on any atom is -0.491 e. The van der Waals surface area contributed by atoms with E-state index >= 15 is 0 Å². The molecular weight excluding hydrogens is 279 g/mol. The van der Waals surface area contributed by atoms with Gasteiger partial charge < -0.3 is 10.5 Å². The van der Waals surface area contributed by atoms with Gasteiger partial charge in [-0.3, -0.25) is 0 Å². The molecule has 0 heterocycles. The normalized spacial score (nSPS) is 12.5. The van der Waals surface area contributed by atoms with Gasteiger partial charge >= 0.3 is 0 Å². The molecule has 0 aliphatic heterocycles. The molecule has 1 atom stereocenters. The highest BCUT2D eigenvalue weighted by atomic mass is 19.2. The van der Waals surface area contributed by atoms with Crippen molar-refractivity contribution in [2.75, 3.05) is 0 Å². The van der Waals surface area contributed by atoms with Gasteiger partial charge in [-0.2, -0.15) is 0 Å². The molecule has 0 spiro atoms. The molecular formula is C16H16F3NO. The quantitative estimate of drug-likeness (QED) is 0.867. The predicted octanol–water partition coefficient (Wildman–Crippen LogP) is 3.94. The average Bonchev–Trinajstić information content (AvgIpc) is 2.43. The lowest BCUT2D eigenvalue weighted by Gasteiger charge is -2.19. The maximum absolute atomic E-state index is 13.3. The van der Waals surface area contributed by atoms with E-state index in [-0.39, 0.29) is 11.7 Å². The van der Waals surface area contributed by atoms with E-state index in [1.807, 2.05) is 13.8 Å². The number of hydrogen-bond acceptors (Lipinski definition) is 2. The molecule has 1 unspecified atom stereocenters. The molecule has 112 valence electrons. The summed E-state index contributed by atoms with van der Waals surface area (Å²) in [5, 5.41) is 0. The van der Waals surface area contributed by atoms with Crippen molar-refractivity contribution in [2.45, 2.75) is 26.0 Å². The van der Waals surface area contributed by atoms with Crippen molar-refractivity contribution in [1.82, 2.24) is 0 Å². The highest BCUT2D eigenvalue weighted by Gasteiger charge is 2.19. The summed E-state index contributed by atoms with van der Waals surface area (Å²) in [7, 11) is 0. The Bertz CT molecular complexity index is 620. The van der Waals surface area contributed by atoms with Gasteiger partial charge in [-0.25, -0.2) is 13.2 Å². The maximum Gasteiger partial charge on any atom is 0.194 e. The zero-order valence-corrected chi connectivity index (χ0v) is 11.7. The zero-order chi connectivity index (χ0) is 15.6. The Hall–Kier alpha value is -2.01. The molecule has 2 rings (SSSR count). The largest absolute Gasteiger partial charge is 0.491 e. The van der Waals surface area contributed by atoms with Crippen LogP contribution >= 0.6 is 0 Å². The summed E-state index contributed by atoms with van der Waals surface area (Å²) in [6.45, 7) is 3.72. The van der Waals surface area contributed by atoms with Crippen LogP contribution in [0, 0.1) is 17.5 Å². The van der Waals surface area contributed by atoms with E-state index in [0.717, 1.165) is 12.1 Å². The summed E-state index contributed by atoms with van der Waals surface area (Å²) >= 11 is 0. The average molecular weight is 295 g/mol. The summed E-state index contributed by atoms with van der Waals surface area (Å²) < 4.78 is 45.3. The minimum absolute atomic E-state index is 0.0694. The standard InChI is InChI=1S/C16H16F3NO/c1-9(2)21-14-6-4-3-5-11(14)16(20)10-7-12(17)15(19)13(18)8-10/h3-9,16H,20H2,1-2H3. The highest BCUT2D eigenvalue weighted by Crippen LogP contribution is 2.30. The number of benzene rings is 2. The van der Waals surface area contributed by atoms with Gasteiger partial charge in [0, 0.05) is 5.56 Å².